The summed E-state index contributed by atoms with van der Waals surface area (Å²) in [6, 6.07) is 8.77. The number of rotatable bonds is 5. The average molecular weight is 300 g/mol. The summed E-state index contributed by atoms with van der Waals surface area (Å²) in [5, 5.41) is 7.23. The fraction of sp³-hybridized carbons (Fsp3) is 0.529. The van der Waals surface area contributed by atoms with Gasteiger partial charge in [0.25, 0.3) is 0 Å². The lowest BCUT2D eigenvalue weighted by Gasteiger charge is -2.32. The largest absolute Gasteiger partial charge is 0.371 e. The Morgan fingerprint density at radius 1 is 1.23 bits per heavy atom. The molecule has 1 fully saturated rings. The maximum absolute atomic E-state index is 5.94. The molecular weight excluding hydrogens is 276 g/mol. The van der Waals surface area contributed by atoms with Crippen molar-refractivity contribution in [1.29, 1.82) is 0 Å². The quantitative estimate of drug-likeness (QED) is 0.922. The van der Waals surface area contributed by atoms with Gasteiger partial charge in [0.05, 0.1) is 19.3 Å². The van der Waals surface area contributed by atoms with Gasteiger partial charge < -0.3 is 4.74 Å². The van der Waals surface area contributed by atoms with Crippen LogP contribution in [0.4, 0.5) is 0 Å². The van der Waals surface area contributed by atoms with E-state index in [2.05, 4.69) is 58.2 Å². The molecule has 118 valence electrons. The molecule has 1 atom stereocenters. The molecule has 3 rings (SSSR count). The van der Waals surface area contributed by atoms with Gasteiger partial charge >= 0.3 is 0 Å². The minimum atomic E-state index is 0.147. The first kappa shape index (κ1) is 15.2. The van der Waals surface area contributed by atoms with Gasteiger partial charge in [-0.1, -0.05) is 38.1 Å². The molecule has 0 bridgehead atoms. The van der Waals surface area contributed by atoms with Crippen molar-refractivity contribution >= 4 is 0 Å². The molecule has 1 aromatic heterocycles. The number of aromatic amines is 1. The van der Waals surface area contributed by atoms with Crippen molar-refractivity contribution in [2.24, 2.45) is 0 Å². The Hall–Kier alpha value is -1.72. The van der Waals surface area contributed by atoms with E-state index in [-0.39, 0.29) is 6.10 Å². The summed E-state index contributed by atoms with van der Waals surface area (Å²) in [6.45, 7) is 7.64. The van der Waals surface area contributed by atoms with E-state index in [1.165, 1.54) is 11.1 Å². The smallest absolute Gasteiger partial charge is 0.150 e. The van der Waals surface area contributed by atoms with E-state index in [4.69, 9.17) is 4.74 Å². The molecule has 0 unspecified atom stereocenters. The fourth-order valence-corrected chi connectivity index (χ4v) is 2.79. The number of aromatic nitrogens is 3. The van der Waals surface area contributed by atoms with Crippen molar-refractivity contribution in [3.05, 3.63) is 47.0 Å². The predicted octanol–water partition coefficient (Wildman–Crippen LogP) is 2.50. The Balaban J connectivity index is 1.63. The normalized spacial score (nSPS) is 19.5. The Bertz CT molecular complexity index is 593. The minimum absolute atomic E-state index is 0.147. The molecule has 0 aliphatic carbocycles. The van der Waals surface area contributed by atoms with Crippen LogP contribution in [0.25, 0.3) is 0 Å². The second-order valence-electron chi connectivity index (χ2n) is 5.74. The highest BCUT2D eigenvalue weighted by Crippen LogP contribution is 2.23. The van der Waals surface area contributed by atoms with Crippen LogP contribution in [0.1, 0.15) is 42.7 Å². The van der Waals surface area contributed by atoms with Gasteiger partial charge in [0.15, 0.2) is 0 Å². The van der Waals surface area contributed by atoms with Gasteiger partial charge in [-0.05, 0) is 17.5 Å². The van der Waals surface area contributed by atoms with E-state index in [1.54, 1.807) is 0 Å². The molecule has 0 spiro atoms. The SMILES string of the molecule is CCc1ccc([C@@H]2CN(Cc3nc(CC)n[nH]3)CCO2)cc1. The Kier molecular flexibility index (Phi) is 4.85. The van der Waals surface area contributed by atoms with E-state index in [9.17, 15) is 0 Å². The first-order chi connectivity index (χ1) is 10.8. The molecule has 0 radical (unpaired) electrons. The summed E-state index contributed by atoms with van der Waals surface area (Å²) >= 11 is 0. The molecule has 0 saturated carbocycles. The topological polar surface area (TPSA) is 54.0 Å². The number of hydrogen-bond donors (Lipinski definition) is 1. The third-order valence-electron chi connectivity index (χ3n) is 4.18. The molecule has 5 heteroatoms. The molecular formula is C17H24N4O. The van der Waals surface area contributed by atoms with Gasteiger partial charge in [-0.2, -0.15) is 5.10 Å². The van der Waals surface area contributed by atoms with Crippen LogP contribution in [0.3, 0.4) is 0 Å². The molecule has 2 heterocycles. The van der Waals surface area contributed by atoms with Crippen LogP contribution in [-0.4, -0.2) is 39.8 Å². The standard InChI is InChI=1S/C17H24N4O/c1-3-13-5-7-14(8-6-13)15-11-21(9-10-22-15)12-17-18-16(4-2)19-20-17/h5-8,15H,3-4,9-12H2,1-2H3,(H,18,19,20)/t15-/m0/s1. The third kappa shape index (κ3) is 3.54. The van der Waals surface area contributed by atoms with Gasteiger partial charge in [0, 0.05) is 19.5 Å². The van der Waals surface area contributed by atoms with Crippen molar-refractivity contribution in [3.8, 4) is 0 Å². The molecule has 0 amide bonds. The number of ether oxygens (including phenoxy) is 1. The molecule has 1 aliphatic heterocycles. The summed E-state index contributed by atoms with van der Waals surface area (Å²) in [5.41, 5.74) is 2.62. The first-order valence-corrected chi connectivity index (χ1v) is 8.11. The van der Waals surface area contributed by atoms with Crippen molar-refractivity contribution in [1.82, 2.24) is 20.1 Å². The summed E-state index contributed by atoms with van der Waals surface area (Å²) < 4.78 is 5.94. The summed E-state index contributed by atoms with van der Waals surface area (Å²) in [4.78, 5) is 6.87. The van der Waals surface area contributed by atoms with Crippen LogP contribution in [0.15, 0.2) is 24.3 Å². The highest BCUT2D eigenvalue weighted by atomic mass is 16.5. The van der Waals surface area contributed by atoms with Gasteiger partial charge in [-0.15, -0.1) is 0 Å². The highest BCUT2D eigenvalue weighted by molar-refractivity contribution is 5.24. The number of benzene rings is 1. The molecule has 5 nitrogen and oxygen atoms in total. The lowest BCUT2D eigenvalue weighted by atomic mass is 10.0. The third-order valence-corrected chi connectivity index (χ3v) is 4.18. The Morgan fingerprint density at radius 3 is 2.73 bits per heavy atom. The van der Waals surface area contributed by atoms with Crippen LogP contribution in [-0.2, 0) is 24.1 Å². The Morgan fingerprint density at radius 2 is 2.05 bits per heavy atom. The van der Waals surface area contributed by atoms with E-state index in [0.29, 0.717) is 0 Å². The lowest BCUT2D eigenvalue weighted by molar-refractivity contribution is -0.0336. The first-order valence-electron chi connectivity index (χ1n) is 8.11. The van der Waals surface area contributed by atoms with E-state index >= 15 is 0 Å². The summed E-state index contributed by atoms with van der Waals surface area (Å²) in [7, 11) is 0. The maximum Gasteiger partial charge on any atom is 0.150 e. The minimum Gasteiger partial charge on any atom is -0.371 e. The molecule has 2 aromatic rings. The van der Waals surface area contributed by atoms with Crippen molar-refractivity contribution in [2.75, 3.05) is 19.7 Å². The lowest BCUT2D eigenvalue weighted by Crippen LogP contribution is -2.38. The maximum atomic E-state index is 5.94. The number of morpholine rings is 1. The van der Waals surface area contributed by atoms with Crippen LogP contribution in [0, 0.1) is 0 Å². The summed E-state index contributed by atoms with van der Waals surface area (Å²) in [5.74, 6) is 1.83. The van der Waals surface area contributed by atoms with Crippen LogP contribution >= 0.6 is 0 Å². The molecule has 1 aliphatic rings. The zero-order valence-corrected chi connectivity index (χ0v) is 13.4. The number of nitrogens with zero attached hydrogens (tertiary/aromatic N) is 3. The van der Waals surface area contributed by atoms with Crippen molar-refractivity contribution in [3.63, 3.8) is 0 Å². The average Bonchev–Trinajstić information content (AvgIpc) is 3.03. The molecule has 1 N–H and O–H groups in total. The number of hydrogen-bond acceptors (Lipinski definition) is 4. The Labute approximate surface area is 131 Å². The fourth-order valence-electron chi connectivity index (χ4n) is 2.79. The second kappa shape index (κ2) is 7.03. The zero-order valence-electron chi connectivity index (χ0n) is 13.4. The van der Waals surface area contributed by atoms with E-state index in [1.807, 2.05) is 0 Å². The van der Waals surface area contributed by atoms with Gasteiger partial charge in [-0.3, -0.25) is 10.00 Å². The zero-order chi connectivity index (χ0) is 15.4. The van der Waals surface area contributed by atoms with Gasteiger partial charge in [0.2, 0.25) is 0 Å². The molecule has 22 heavy (non-hydrogen) atoms. The van der Waals surface area contributed by atoms with Gasteiger partial charge in [0.1, 0.15) is 11.6 Å². The summed E-state index contributed by atoms with van der Waals surface area (Å²) in [6.07, 6.45) is 2.09. The molecule has 1 saturated heterocycles. The van der Waals surface area contributed by atoms with Gasteiger partial charge in [-0.25, -0.2) is 4.98 Å². The highest BCUT2D eigenvalue weighted by Gasteiger charge is 2.22. The molecule has 1 aromatic carbocycles. The van der Waals surface area contributed by atoms with Crippen molar-refractivity contribution in [2.45, 2.75) is 39.3 Å². The number of nitrogens with one attached hydrogen (secondary N) is 1. The van der Waals surface area contributed by atoms with Crippen LogP contribution in [0.2, 0.25) is 0 Å². The van der Waals surface area contributed by atoms with Crippen LogP contribution < -0.4 is 0 Å². The van der Waals surface area contributed by atoms with E-state index in [0.717, 1.165) is 50.7 Å². The second-order valence-corrected chi connectivity index (χ2v) is 5.74. The van der Waals surface area contributed by atoms with Crippen LogP contribution in [0.5, 0.6) is 0 Å². The van der Waals surface area contributed by atoms with Crippen molar-refractivity contribution < 1.29 is 4.74 Å². The van der Waals surface area contributed by atoms with E-state index < -0.39 is 0 Å². The predicted molar refractivity (Wildman–Crippen MR) is 85.6 cm³/mol. The number of H-pyrrole nitrogens is 1. The monoisotopic (exact) mass is 300 g/mol. The number of aryl methyl sites for hydroxylation is 2.